The molecule has 0 saturated carbocycles. The molecule has 5 nitrogen and oxygen atoms in total. The van der Waals surface area contributed by atoms with Gasteiger partial charge in [-0.3, -0.25) is 4.79 Å². The number of anilines is 3. The highest BCUT2D eigenvalue weighted by atomic mass is 32.2. The Hall–Kier alpha value is -2.21. The molecule has 0 aliphatic rings. The zero-order valence-corrected chi connectivity index (χ0v) is 11.2. The summed E-state index contributed by atoms with van der Waals surface area (Å²) in [6, 6.07) is 10.9. The first-order valence-corrected chi connectivity index (χ1v) is 6.80. The SMILES string of the molecule is CSc1cccc(Nc2nc(C(N)=O)ccc2N)c1. The Balaban J connectivity index is 2.31. The number of aromatic nitrogens is 1. The Kier molecular flexibility index (Phi) is 3.91. The van der Waals surface area contributed by atoms with Crippen LogP contribution in [0.1, 0.15) is 10.5 Å². The number of carbonyl (C=O) groups excluding carboxylic acids is 1. The Morgan fingerprint density at radius 1 is 1.32 bits per heavy atom. The van der Waals surface area contributed by atoms with Crippen molar-refractivity contribution in [2.24, 2.45) is 5.73 Å². The fourth-order valence-electron chi connectivity index (χ4n) is 1.54. The van der Waals surface area contributed by atoms with Gasteiger partial charge in [-0.1, -0.05) is 6.07 Å². The van der Waals surface area contributed by atoms with E-state index >= 15 is 0 Å². The fraction of sp³-hybridized carbons (Fsp3) is 0.0769. The number of nitrogens with zero attached hydrogens (tertiary/aromatic N) is 1. The maximum Gasteiger partial charge on any atom is 0.267 e. The van der Waals surface area contributed by atoms with Crippen LogP contribution in [0.15, 0.2) is 41.3 Å². The number of pyridine rings is 1. The number of benzene rings is 1. The molecule has 2 rings (SSSR count). The van der Waals surface area contributed by atoms with Crippen molar-refractivity contribution in [1.82, 2.24) is 4.98 Å². The van der Waals surface area contributed by atoms with Crippen molar-refractivity contribution in [2.45, 2.75) is 4.90 Å². The second-order valence-electron chi connectivity index (χ2n) is 3.86. The molecule has 0 fully saturated rings. The number of amides is 1. The average Bonchev–Trinajstić information content (AvgIpc) is 2.41. The Bertz CT molecular complexity index is 615. The van der Waals surface area contributed by atoms with E-state index in [1.165, 1.54) is 6.07 Å². The summed E-state index contributed by atoms with van der Waals surface area (Å²) in [5, 5.41) is 3.08. The number of rotatable bonds is 4. The summed E-state index contributed by atoms with van der Waals surface area (Å²) in [6.07, 6.45) is 2.00. The van der Waals surface area contributed by atoms with Crippen LogP contribution >= 0.6 is 11.8 Å². The van der Waals surface area contributed by atoms with Crippen molar-refractivity contribution in [3.05, 3.63) is 42.1 Å². The Labute approximate surface area is 115 Å². The molecule has 0 aliphatic heterocycles. The molecule has 1 amide bonds. The van der Waals surface area contributed by atoms with Gasteiger partial charge in [-0.25, -0.2) is 4.98 Å². The van der Waals surface area contributed by atoms with Crippen molar-refractivity contribution in [1.29, 1.82) is 0 Å². The molecule has 0 bridgehead atoms. The van der Waals surface area contributed by atoms with Crippen LogP contribution in [0, 0.1) is 0 Å². The molecule has 0 atom stereocenters. The quantitative estimate of drug-likeness (QED) is 0.743. The van der Waals surface area contributed by atoms with E-state index in [2.05, 4.69) is 10.3 Å². The predicted octanol–water partition coefficient (Wildman–Crippen LogP) is 2.23. The topological polar surface area (TPSA) is 94.0 Å². The molecule has 0 saturated heterocycles. The lowest BCUT2D eigenvalue weighted by Crippen LogP contribution is -2.14. The minimum atomic E-state index is -0.582. The molecule has 98 valence electrons. The third-order valence-electron chi connectivity index (χ3n) is 2.51. The zero-order chi connectivity index (χ0) is 13.8. The normalized spacial score (nSPS) is 10.2. The number of nitrogen functional groups attached to an aromatic ring is 1. The van der Waals surface area contributed by atoms with Gasteiger partial charge in [0.15, 0.2) is 5.82 Å². The molecule has 2 aromatic rings. The molecule has 19 heavy (non-hydrogen) atoms. The summed E-state index contributed by atoms with van der Waals surface area (Å²) in [6.45, 7) is 0. The third-order valence-corrected chi connectivity index (χ3v) is 3.24. The van der Waals surface area contributed by atoms with Crippen molar-refractivity contribution in [3.63, 3.8) is 0 Å². The number of carbonyl (C=O) groups is 1. The van der Waals surface area contributed by atoms with Crippen molar-refractivity contribution >= 4 is 34.9 Å². The van der Waals surface area contributed by atoms with Crippen LogP contribution in [0.2, 0.25) is 0 Å². The van der Waals surface area contributed by atoms with Gasteiger partial charge >= 0.3 is 0 Å². The smallest absolute Gasteiger partial charge is 0.267 e. The highest BCUT2D eigenvalue weighted by Crippen LogP contribution is 2.24. The van der Waals surface area contributed by atoms with Crippen LogP contribution in [0.4, 0.5) is 17.2 Å². The van der Waals surface area contributed by atoms with Gasteiger partial charge in [0.05, 0.1) is 5.69 Å². The Morgan fingerprint density at radius 3 is 2.79 bits per heavy atom. The van der Waals surface area contributed by atoms with E-state index in [0.29, 0.717) is 11.5 Å². The monoisotopic (exact) mass is 274 g/mol. The summed E-state index contributed by atoms with van der Waals surface area (Å²) >= 11 is 1.64. The second kappa shape index (κ2) is 5.62. The molecule has 1 aromatic heterocycles. The Morgan fingerprint density at radius 2 is 2.11 bits per heavy atom. The summed E-state index contributed by atoms with van der Waals surface area (Å²) in [5.74, 6) is -0.157. The lowest BCUT2D eigenvalue weighted by molar-refractivity contribution is 0.0996. The van der Waals surface area contributed by atoms with Crippen molar-refractivity contribution in [3.8, 4) is 0 Å². The highest BCUT2D eigenvalue weighted by Gasteiger charge is 2.07. The number of hydrogen-bond donors (Lipinski definition) is 3. The molecule has 1 heterocycles. The molecule has 1 aromatic carbocycles. The van der Waals surface area contributed by atoms with E-state index in [-0.39, 0.29) is 5.69 Å². The number of nitrogens with two attached hydrogens (primary N) is 2. The first-order chi connectivity index (χ1) is 9.10. The van der Waals surface area contributed by atoms with E-state index in [1.54, 1.807) is 17.8 Å². The van der Waals surface area contributed by atoms with Gasteiger partial charge in [0.2, 0.25) is 0 Å². The molecular formula is C13H14N4OS. The molecular weight excluding hydrogens is 260 g/mol. The summed E-state index contributed by atoms with van der Waals surface area (Å²) < 4.78 is 0. The van der Waals surface area contributed by atoms with E-state index in [9.17, 15) is 4.79 Å². The maximum absolute atomic E-state index is 11.1. The number of hydrogen-bond acceptors (Lipinski definition) is 5. The molecule has 0 spiro atoms. The average molecular weight is 274 g/mol. The van der Waals surface area contributed by atoms with Gasteiger partial charge in [0.25, 0.3) is 5.91 Å². The molecule has 0 radical (unpaired) electrons. The minimum Gasteiger partial charge on any atom is -0.396 e. The minimum absolute atomic E-state index is 0.178. The lowest BCUT2D eigenvalue weighted by atomic mass is 10.3. The first kappa shape index (κ1) is 13.2. The van der Waals surface area contributed by atoms with Gasteiger partial charge in [0, 0.05) is 10.6 Å². The second-order valence-corrected chi connectivity index (χ2v) is 4.74. The lowest BCUT2D eigenvalue weighted by Gasteiger charge is -2.10. The molecule has 5 N–H and O–H groups in total. The first-order valence-electron chi connectivity index (χ1n) is 5.57. The number of primary amides is 1. The van der Waals surface area contributed by atoms with Crippen LogP contribution in [0.25, 0.3) is 0 Å². The highest BCUT2D eigenvalue weighted by molar-refractivity contribution is 7.98. The van der Waals surface area contributed by atoms with E-state index < -0.39 is 5.91 Å². The standard InChI is InChI=1S/C13H14N4OS/c1-19-9-4-2-3-8(7-9)16-13-10(14)5-6-11(17-13)12(15)18/h2-7H,14H2,1H3,(H2,15,18)(H,16,17). The van der Waals surface area contributed by atoms with Crippen LogP contribution in [0.3, 0.4) is 0 Å². The number of nitrogens with one attached hydrogen (secondary N) is 1. The number of thioether (sulfide) groups is 1. The summed E-state index contributed by atoms with van der Waals surface area (Å²) in [5.41, 5.74) is 12.5. The van der Waals surface area contributed by atoms with Gasteiger partial charge in [0.1, 0.15) is 5.69 Å². The van der Waals surface area contributed by atoms with Crippen molar-refractivity contribution in [2.75, 3.05) is 17.3 Å². The largest absolute Gasteiger partial charge is 0.396 e. The van der Waals surface area contributed by atoms with Gasteiger partial charge in [-0.2, -0.15) is 0 Å². The van der Waals surface area contributed by atoms with E-state index in [1.807, 2.05) is 30.5 Å². The summed E-state index contributed by atoms with van der Waals surface area (Å²) in [4.78, 5) is 16.3. The molecule has 6 heteroatoms. The van der Waals surface area contributed by atoms with Crippen LogP contribution < -0.4 is 16.8 Å². The summed E-state index contributed by atoms with van der Waals surface area (Å²) in [7, 11) is 0. The van der Waals surface area contributed by atoms with Crippen LogP contribution in [0.5, 0.6) is 0 Å². The molecule has 0 unspecified atom stereocenters. The molecule has 0 aliphatic carbocycles. The fourth-order valence-corrected chi connectivity index (χ4v) is 2.00. The zero-order valence-electron chi connectivity index (χ0n) is 10.4. The van der Waals surface area contributed by atoms with Crippen LogP contribution in [-0.2, 0) is 0 Å². The van der Waals surface area contributed by atoms with Crippen LogP contribution in [-0.4, -0.2) is 17.1 Å². The van der Waals surface area contributed by atoms with Gasteiger partial charge in [-0.05, 0) is 36.6 Å². The van der Waals surface area contributed by atoms with Crippen molar-refractivity contribution < 1.29 is 4.79 Å². The third kappa shape index (κ3) is 3.17. The van der Waals surface area contributed by atoms with Gasteiger partial charge < -0.3 is 16.8 Å². The maximum atomic E-state index is 11.1. The van der Waals surface area contributed by atoms with Gasteiger partial charge in [-0.15, -0.1) is 11.8 Å². The predicted molar refractivity (Wildman–Crippen MR) is 78.7 cm³/mol. The van der Waals surface area contributed by atoms with E-state index in [4.69, 9.17) is 11.5 Å². The van der Waals surface area contributed by atoms with E-state index in [0.717, 1.165) is 10.6 Å².